The van der Waals surface area contributed by atoms with Crippen molar-refractivity contribution in [3.63, 3.8) is 0 Å². The largest absolute Gasteiger partial charge is 0.426 e. The van der Waals surface area contributed by atoms with Crippen LogP contribution in [0.2, 0.25) is 5.02 Å². The van der Waals surface area contributed by atoms with Crippen LogP contribution in [0.25, 0.3) is 0 Å². The molecule has 2 atom stereocenters. The van der Waals surface area contributed by atoms with Crippen molar-refractivity contribution in [1.29, 1.82) is 0 Å². The molecule has 12 heteroatoms. The molecule has 1 aliphatic rings. The number of amides is 1. The Morgan fingerprint density at radius 3 is 2.34 bits per heavy atom. The maximum atomic E-state index is 13.1. The van der Waals surface area contributed by atoms with Crippen molar-refractivity contribution < 1.29 is 31.5 Å². The van der Waals surface area contributed by atoms with Gasteiger partial charge in [0.2, 0.25) is 15.4 Å². The first kappa shape index (κ1) is 27.3. The van der Waals surface area contributed by atoms with Crippen LogP contribution >= 0.6 is 11.6 Å². The highest BCUT2D eigenvalue weighted by atomic mass is 35.5. The van der Waals surface area contributed by atoms with Gasteiger partial charge in [-0.3, -0.25) is 9.69 Å². The van der Waals surface area contributed by atoms with E-state index in [0.29, 0.717) is 6.92 Å². The lowest BCUT2D eigenvalue weighted by atomic mass is 10.1. The highest BCUT2D eigenvalue weighted by Crippen LogP contribution is 2.34. The van der Waals surface area contributed by atoms with Gasteiger partial charge in [-0.1, -0.05) is 18.5 Å². The summed E-state index contributed by atoms with van der Waals surface area (Å²) in [6.07, 6.45) is -2.86. The highest BCUT2D eigenvalue weighted by molar-refractivity contribution is 7.91. The minimum absolute atomic E-state index is 0.0151. The van der Waals surface area contributed by atoms with Gasteiger partial charge >= 0.3 is 6.18 Å². The normalized spacial score (nSPS) is 18.8. The molecule has 1 amide bonds. The Labute approximate surface area is 207 Å². The summed E-state index contributed by atoms with van der Waals surface area (Å²) in [5.41, 5.74) is -3.06. The van der Waals surface area contributed by atoms with Gasteiger partial charge in [0.25, 0.3) is 5.91 Å². The Bertz CT molecular complexity index is 1190. The number of likely N-dealkylation sites (tertiary alicyclic amines) is 1. The van der Waals surface area contributed by atoms with E-state index in [4.69, 9.17) is 11.6 Å². The molecular weight excluding hydrogens is 507 g/mol. The molecule has 35 heavy (non-hydrogen) atoms. The van der Waals surface area contributed by atoms with Crippen molar-refractivity contribution in [3.05, 3.63) is 47.5 Å². The second kappa shape index (κ2) is 9.96. The molecule has 2 aromatic carbocycles. The van der Waals surface area contributed by atoms with E-state index in [9.17, 15) is 31.5 Å². The summed E-state index contributed by atoms with van der Waals surface area (Å²) in [5.74, 6) is -1.74. The van der Waals surface area contributed by atoms with Crippen LogP contribution in [-0.2, 0) is 14.6 Å². The zero-order chi connectivity index (χ0) is 26.2. The Hall–Kier alpha value is -2.34. The lowest BCUT2D eigenvalue weighted by Gasteiger charge is -2.33. The summed E-state index contributed by atoms with van der Waals surface area (Å²) in [6.45, 7) is 4.35. The predicted octanol–water partition coefficient (Wildman–Crippen LogP) is 4.30. The average Bonchev–Trinajstić information content (AvgIpc) is 3.28. The molecule has 0 spiro atoms. The van der Waals surface area contributed by atoms with Gasteiger partial charge in [-0.05, 0) is 68.8 Å². The van der Waals surface area contributed by atoms with Gasteiger partial charge in [-0.2, -0.15) is 13.2 Å². The number of anilines is 2. The molecular formula is C23H27ClF3N3O4S. The first-order valence-corrected chi connectivity index (χ1v) is 12.8. The van der Waals surface area contributed by atoms with E-state index in [1.54, 1.807) is 12.1 Å². The third-order valence-electron chi connectivity index (χ3n) is 6.23. The van der Waals surface area contributed by atoms with Gasteiger partial charge in [0, 0.05) is 19.3 Å². The van der Waals surface area contributed by atoms with Gasteiger partial charge in [0.15, 0.2) is 0 Å². The molecule has 1 unspecified atom stereocenters. The van der Waals surface area contributed by atoms with Crippen molar-refractivity contribution in [2.45, 2.75) is 54.4 Å². The zero-order valence-electron chi connectivity index (χ0n) is 19.4. The molecule has 1 fully saturated rings. The molecule has 2 N–H and O–H groups in total. The summed E-state index contributed by atoms with van der Waals surface area (Å²) < 4.78 is 64.8. The van der Waals surface area contributed by atoms with Crippen LogP contribution < -0.4 is 10.2 Å². The summed E-state index contributed by atoms with van der Waals surface area (Å²) in [4.78, 5) is 16.2. The number of hydrogen-bond donors (Lipinski definition) is 2. The van der Waals surface area contributed by atoms with E-state index in [1.165, 1.54) is 12.1 Å². The third-order valence-corrected chi connectivity index (χ3v) is 8.31. The molecule has 1 aliphatic heterocycles. The van der Waals surface area contributed by atoms with Crippen molar-refractivity contribution in [2.24, 2.45) is 0 Å². The molecule has 3 rings (SSSR count). The van der Waals surface area contributed by atoms with E-state index in [0.717, 1.165) is 49.8 Å². The summed E-state index contributed by atoms with van der Waals surface area (Å²) in [5, 5.41) is 11.1. The summed E-state index contributed by atoms with van der Waals surface area (Å²) in [7, 11) is -2.03. The number of carbonyl (C=O) groups excluding carboxylic acids is 1. The topological polar surface area (TPSA) is 90.0 Å². The van der Waals surface area contributed by atoms with E-state index in [-0.39, 0.29) is 26.7 Å². The minimum Gasteiger partial charge on any atom is -0.373 e. The first-order chi connectivity index (χ1) is 16.2. The molecule has 192 valence electrons. The molecule has 1 heterocycles. The number of hydrogen-bond acceptors (Lipinski definition) is 6. The van der Waals surface area contributed by atoms with Crippen molar-refractivity contribution in [3.8, 4) is 0 Å². The molecule has 2 aromatic rings. The number of benzene rings is 2. The standard InChI is InChI=1S/C23H27ClF3N3O4S/c1-4-30-13-5-6-20(30)29(3)15-7-9-16(10-8-15)35(33,34)17-11-12-19(18(24)14-17)28-21(31)22(2,32)23(25,26)27/h7-12,14,20,32H,4-6,13H2,1-3H3,(H,28,31)/t20?,22-/m1/s1. The average molecular weight is 534 g/mol. The lowest BCUT2D eigenvalue weighted by molar-refractivity contribution is -0.242. The monoisotopic (exact) mass is 533 g/mol. The molecule has 0 aliphatic carbocycles. The lowest BCUT2D eigenvalue weighted by Crippen LogP contribution is -2.52. The number of aliphatic hydroxyl groups is 1. The van der Waals surface area contributed by atoms with Crippen molar-refractivity contribution >= 4 is 38.7 Å². The van der Waals surface area contributed by atoms with Gasteiger partial charge in [0.05, 0.1) is 26.7 Å². The minimum atomic E-state index is -5.21. The molecule has 1 saturated heterocycles. The number of nitrogens with one attached hydrogen (secondary N) is 1. The smallest absolute Gasteiger partial charge is 0.373 e. The fraction of sp³-hybridized carbons (Fsp3) is 0.435. The molecule has 0 bridgehead atoms. The van der Waals surface area contributed by atoms with E-state index in [2.05, 4.69) is 16.7 Å². The SMILES string of the molecule is CCN1CCCC1N(C)c1ccc(S(=O)(=O)c2ccc(NC(=O)[C@@](C)(O)C(F)(F)F)c(Cl)c2)cc1. The summed E-state index contributed by atoms with van der Waals surface area (Å²) >= 11 is 6.04. The number of carbonyl (C=O) groups is 1. The Balaban J connectivity index is 1.80. The number of nitrogens with zero attached hydrogens (tertiary/aromatic N) is 2. The maximum absolute atomic E-state index is 13.1. The predicted molar refractivity (Wildman–Crippen MR) is 127 cm³/mol. The van der Waals surface area contributed by atoms with E-state index >= 15 is 0 Å². The van der Waals surface area contributed by atoms with Gasteiger partial charge in [-0.15, -0.1) is 0 Å². The van der Waals surface area contributed by atoms with Crippen molar-refractivity contribution in [2.75, 3.05) is 30.4 Å². The molecule has 0 saturated carbocycles. The Morgan fingerprint density at radius 2 is 1.80 bits per heavy atom. The van der Waals surface area contributed by atoms with Crippen LogP contribution in [-0.4, -0.2) is 62.4 Å². The third kappa shape index (κ3) is 5.42. The van der Waals surface area contributed by atoms with E-state index < -0.39 is 27.5 Å². The fourth-order valence-electron chi connectivity index (χ4n) is 3.92. The fourth-order valence-corrected chi connectivity index (χ4v) is 5.50. The van der Waals surface area contributed by atoms with Gasteiger partial charge < -0.3 is 15.3 Å². The number of halogens is 4. The van der Waals surface area contributed by atoms with Crippen LogP contribution in [0.5, 0.6) is 0 Å². The van der Waals surface area contributed by atoms with Gasteiger partial charge in [-0.25, -0.2) is 8.42 Å². The van der Waals surface area contributed by atoms with Crippen LogP contribution in [0.4, 0.5) is 24.5 Å². The van der Waals surface area contributed by atoms with Gasteiger partial charge in [0.1, 0.15) is 0 Å². The first-order valence-electron chi connectivity index (χ1n) is 10.9. The number of alkyl halides is 3. The summed E-state index contributed by atoms with van der Waals surface area (Å²) in [6, 6.07) is 9.63. The molecule has 0 radical (unpaired) electrons. The zero-order valence-corrected chi connectivity index (χ0v) is 21.0. The van der Waals surface area contributed by atoms with Crippen LogP contribution in [0.15, 0.2) is 52.3 Å². The number of sulfone groups is 1. The molecule has 0 aromatic heterocycles. The maximum Gasteiger partial charge on any atom is 0.426 e. The Morgan fingerprint density at radius 1 is 1.20 bits per heavy atom. The quantitative estimate of drug-likeness (QED) is 0.551. The second-order valence-electron chi connectivity index (χ2n) is 8.53. The Kier molecular flexibility index (Phi) is 7.76. The van der Waals surface area contributed by atoms with Crippen LogP contribution in [0, 0.1) is 0 Å². The van der Waals surface area contributed by atoms with Crippen LogP contribution in [0.3, 0.4) is 0 Å². The second-order valence-corrected chi connectivity index (χ2v) is 10.9. The highest BCUT2D eigenvalue weighted by Gasteiger charge is 2.55. The van der Waals surface area contributed by atoms with Crippen molar-refractivity contribution in [1.82, 2.24) is 4.90 Å². The van der Waals surface area contributed by atoms with E-state index in [1.807, 2.05) is 12.4 Å². The van der Waals surface area contributed by atoms with Crippen LogP contribution in [0.1, 0.15) is 26.7 Å². The number of rotatable bonds is 7. The molecule has 7 nitrogen and oxygen atoms in total.